The predicted molar refractivity (Wildman–Crippen MR) is 101 cm³/mol. The molecule has 0 radical (unpaired) electrons. The number of rotatable bonds is 5. The molecular formula is C18H20FN3O4S. The third-order valence-electron chi connectivity index (χ3n) is 3.78. The van der Waals surface area contributed by atoms with Crippen LogP contribution in [0, 0.1) is 5.82 Å². The van der Waals surface area contributed by atoms with Gasteiger partial charge in [-0.15, -0.1) is 0 Å². The summed E-state index contributed by atoms with van der Waals surface area (Å²) < 4.78 is 17.8. The maximum absolute atomic E-state index is 12.9. The zero-order valence-electron chi connectivity index (χ0n) is 14.7. The Bertz CT molecular complexity index is 751. The third-order valence-corrected chi connectivity index (χ3v) is 4.12. The predicted octanol–water partition coefficient (Wildman–Crippen LogP) is 0.994. The highest BCUT2D eigenvalue weighted by atomic mass is 32.1. The fraction of sp³-hybridized carbons (Fsp3) is 0.333. The number of amides is 2. The number of halogens is 1. The van der Waals surface area contributed by atoms with E-state index in [9.17, 15) is 18.8 Å². The van der Waals surface area contributed by atoms with Crippen LogP contribution in [0.3, 0.4) is 0 Å². The number of nitrogens with zero attached hydrogens (tertiary/aromatic N) is 1. The molecular weight excluding hydrogens is 373 g/mol. The van der Waals surface area contributed by atoms with Crippen molar-refractivity contribution in [2.75, 3.05) is 19.7 Å². The van der Waals surface area contributed by atoms with Crippen LogP contribution < -0.4 is 10.6 Å². The van der Waals surface area contributed by atoms with Crippen molar-refractivity contribution in [3.8, 4) is 0 Å². The lowest BCUT2D eigenvalue weighted by Gasteiger charge is -2.36. The number of piperazine rings is 1. The van der Waals surface area contributed by atoms with Gasteiger partial charge in [-0.1, -0.05) is 12.1 Å². The quantitative estimate of drug-likeness (QED) is 0.441. The van der Waals surface area contributed by atoms with Gasteiger partial charge >= 0.3 is 5.97 Å². The van der Waals surface area contributed by atoms with Gasteiger partial charge in [0.2, 0.25) is 11.8 Å². The molecule has 2 N–H and O–H groups in total. The number of nitrogens with one attached hydrogen (secondary N) is 2. The molecule has 1 aromatic carbocycles. The lowest BCUT2D eigenvalue weighted by Crippen LogP contribution is -2.60. The standard InChI is InChI=1S/C18H20FN3O4S/c1-2-26-16(24)11-14-17(25)20-9-10-22(14)18(27)21-15(23)8-5-12-3-6-13(19)7-4-12/h3-8,14H,2,9-11H2,1H3,(H,20,25)(H,21,23,27)/b8-5+. The van der Waals surface area contributed by atoms with Crippen LogP contribution in [0.15, 0.2) is 30.3 Å². The summed E-state index contributed by atoms with van der Waals surface area (Å²) in [5, 5.41) is 5.23. The largest absolute Gasteiger partial charge is 0.466 e. The smallest absolute Gasteiger partial charge is 0.308 e. The Morgan fingerprint density at radius 2 is 2.11 bits per heavy atom. The van der Waals surface area contributed by atoms with E-state index in [2.05, 4.69) is 10.6 Å². The van der Waals surface area contributed by atoms with Gasteiger partial charge in [0.1, 0.15) is 11.9 Å². The first-order valence-corrected chi connectivity index (χ1v) is 8.80. The fourth-order valence-corrected chi connectivity index (χ4v) is 2.82. The SMILES string of the molecule is CCOC(=O)CC1C(=O)NCCN1C(=S)NC(=O)/C=C/c1ccc(F)cc1. The lowest BCUT2D eigenvalue weighted by molar-refractivity contribution is -0.147. The first kappa shape index (κ1) is 20.5. The maximum atomic E-state index is 12.9. The first-order chi connectivity index (χ1) is 12.9. The summed E-state index contributed by atoms with van der Waals surface area (Å²) in [6.45, 7) is 2.59. The molecule has 2 rings (SSSR count). The minimum absolute atomic E-state index is 0.0490. The zero-order valence-corrected chi connectivity index (χ0v) is 15.6. The summed E-state index contributed by atoms with van der Waals surface area (Å²) >= 11 is 5.22. The highest BCUT2D eigenvalue weighted by Crippen LogP contribution is 2.11. The van der Waals surface area contributed by atoms with Crippen LogP contribution in [0.4, 0.5) is 4.39 Å². The molecule has 144 valence electrons. The topological polar surface area (TPSA) is 87.7 Å². The molecule has 0 aromatic heterocycles. The van der Waals surface area contributed by atoms with Crippen molar-refractivity contribution in [1.82, 2.24) is 15.5 Å². The molecule has 0 spiro atoms. The number of hydrogen-bond donors (Lipinski definition) is 2. The number of ether oxygens (including phenoxy) is 1. The van der Waals surface area contributed by atoms with Crippen molar-refractivity contribution < 1.29 is 23.5 Å². The summed E-state index contributed by atoms with van der Waals surface area (Å²) in [4.78, 5) is 37.4. The molecule has 2 amide bonds. The van der Waals surface area contributed by atoms with Crippen LogP contribution in [0.5, 0.6) is 0 Å². The summed E-state index contributed by atoms with van der Waals surface area (Å²) in [6, 6.07) is 4.79. The Balaban J connectivity index is 1.98. The summed E-state index contributed by atoms with van der Waals surface area (Å²) in [7, 11) is 0. The Hall–Kier alpha value is -2.81. The van der Waals surface area contributed by atoms with Crippen LogP contribution in [0.25, 0.3) is 6.08 Å². The number of carbonyl (C=O) groups is 3. The van der Waals surface area contributed by atoms with Crippen molar-refractivity contribution >= 4 is 41.2 Å². The van der Waals surface area contributed by atoms with Gasteiger partial charge in [-0.3, -0.25) is 19.7 Å². The molecule has 1 aliphatic heterocycles. The average molecular weight is 393 g/mol. The van der Waals surface area contributed by atoms with E-state index in [0.29, 0.717) is 18.7 Å². The van der Waals surface area contributed by atoms with E-state index in [1.807, 2.05) is 0 Å². The molecule has 1 fully saturated rings. The number of benzene rings is 1. The van der Waals surface area contributed by atoms with Gasteiger partial charge in [-0.2, -0.15) is 0 Å². The van der Waals surface area contributed by atoms with Gasteiger partial charge in [0, 0.05) is 19.2 Å². The first-order valence-electron chi connectivity index (χ1n) is 8.39. The summed E-state index contributed by atoms with van der Waals surface area (Å²) in [5.74, 6) is -1.73. The van der Waals surface area contributed by atoms with E-state index in [4.69, 9.17) is 17.0 Å². The second kappa shape index (κ2) is 9.77. The molecule has 0 bridgehead atoms. The van der Waals surface area contributed by atoms with Crippen molar-refractivity contribution in [3.63, 3.8) is 0 Å². The van der Waals surface area contributed by atoms with E-state index < -0.39 is 17.9 Å². The number of thiocarbonyl (C=S) groups is 1. The molecule has 0 aliphatic carbocycles. The van der Waals surface area contributed by atoms with Crippen molar-refractivity contribution in [2.45, 2.75) is 19.4 Å². The van der Waals surface area contributed by atoms with Crippen LogP contribution in [0.2, 0.25) is 0 Å². The lowest BCUT2D eigenvalue weighted by atomic mass is 10.1. The van der Waals surface area contributed by atoms with Crippen molar-refractivity contribution in [1.29, 1.82) is 0 Å². The van der Waals surface area contributed by atoms with Gasteiger partial charge in [0.25, 0.3) is 0 Å². The van der Waals surface area contributed by atoms with Gasteiger partial charge in [-0.05, 0) is 42.9 Å². The van der Waals surface area contributed by atoms with Crippen LogP contribution >= 0.6 is 12.2 Å². The highest BCUT2D eigenvalue weighted by Gasteiger charge is 2.33. The van der Waals surface area contributed by atoms with Gasteiger partial charge in [-0.25, -0.2) is 4.39 Å². The average Bonchev–Trinajstić information content (AvgIpc) is 2.63. The number of hydrogen-bond acceptors (Lipinski definition) is 5. The molecule has 0 saturated carbocycles. The van der Waals surface area contributed by atoms with E-state index in [-0.39, 0.29) is 29.9 Å². The van der Waals surface area contributed by atoms with Gasteiger partial charge in [0.05, 0.1) is 13.0 Å². The maximum Gasteiger partial charge on any atom is 0.308 e. The van der Waals surface area contributed by atoms with Gasteiger partial charge in [0.15, 0.2) is 5.11 Å². The Morgan fingerprint density at radius 1 is 1.41 bits per heavy atom. The normalized spacial score (nSPS) is 16.7. The summed E-state index contributed by atoms with van der Waals surface area (Å²) in [6.07, 6.45) is 2.60. The fourth-order valence-electron chi connectivity index (χ4n) is 2.50. The van der Waals surface area contributed by atoms with Crippen LogP contribution in [-0.2, 0) is 19.1 Å². The molecule has 1 atom stereocenters. The molecule has 1 unspecified atom stereocenters. The van der Waals surface area contributed by atoms with Crippen molar-refractivity contribution in [2.24, 2.45) is 0 Å². The van der Waals surface area contributed by atoms with E-state index >= 15 is 0 Å². The molecule has 1 saturated heterocycles. The Labute approximate surface area is 161 Å². The van der Waals surface area contributed by atoms with Crippen molar-refractivity contribution in [3.05, 3.63) is 41.7 Å². The molecule has 1 aliphatic rings. The Kier molecular flexibility index (Phi) is 7.42. The van der Waals surface area contributed by atoms with E-state index in [1.54, 1.807) is 6.92 Å². The molecule has 7 nitrogen and oxygen atoms in total. The highest BCUT2D eigenvalue weighted by molar-refractivity contribution is 7.80. The minimum Gasteiger partial charge on any atom is -0.466 e. The molecule has 1 aromatic rings. The molecule has 27 heavy (non-hydrogen) atoms. The van der Waals surface area contributed by atoms with E-state index in [0.717, 1.165) is 0 Å². The van der Waals surface area contributed by atoms with Gasteiger partial charge < -0.3 is 15.0 Å². The number of carbonyl (C=O) groups excluding carboxylic acids is 3. The van der Waals surface area contributed by atoms with E-state index in [1.165, 1.54) is 41.3 Å². The monoisotopic (exact) mass is 393 g/mol. The number of esters is 1. The summed E-state index contributed by atoms with van der Waals surface area (Å²) in [5.41, 5.74) is 0.648. The zero-order chi connectivity index (χ0) is 19.8. The molecule has 1 heterocycles. The second-order valence-corrected chi connectivity index (χ2v) is 6.08. The Morgan fingerprint density at radius 3 is 2.78 bits per heavy atom. The third kappa shape index (κ3) is 6.14. The molecule has 9 heteroatoms. The van der Waals surface area contributed by atoms with Crippen LogP contribution in [-0.4, -0.2) is 53.5 Å². The minimum atomic E-state index is -0.841. The second-order valence-electron chi connectivity index (χ2n) is 5.69. The van der Waals surface area contributed by atoms with Crippen LogP contribution in [0.1, 0.15) is 18.9 Å².